The Balaban J connectivity index is 0.000000338. The van der Waals surface area contributed by atoms with Gasteiger partial charge in [0, 0.05) is 78.4 Å². The van der Waals surface area contributed by atoms with E-state index < -0.39 is 125 Å². The van der Waals surface area contributed by atoms with Crippen LogP contribution in [0, 0.1) is 11.8 Å². The van der Waals surface area contributed by atoms with E-state index in [1.807, 2.05) is 84.9 Å². The van der Waals surface area contributed by atoms with Gasteiger partial charge in [-0.2, -0.15) is 0 Å². The van der Waals surface area contributed by atoms with Crippen molar-refractivity contribution in [3.8, 4) is 22.3 Å². The quantitative estimate of drug-likeness (QED) is 0.0398. The summed E-state index contributed by atoms with van der Waals surface area (Å²) in [5.41, 5.74) is 13.1. The van der Waals surface area contributed by atoms with Gasteiger partial charge >= 0.3 is 54.0 Å². The molecule has 2 aliphatic carbocycles. The van der Waals surface area contributed by atoms with Gasteiger partial charge in [0.15, 0.2) is 0 Å². The highest BCUT2D eigenvalue weighted by molar-refractivity contribution is 7.89. The number of nitrogens with zero attached hydrogens (tertiary/aromatic N) is 2. The second-order valence-corrected chi connectivity index (χ2v) is 25.7. The van der Waals surface area contributed by atoms with E-state index in [0.717, 1.165) is 44.5 Å². The molecule has 99 heavy (non-hydrogen) atoms. The third kappa shape index (κ3) is 24.2. The number of carboxylic acids is 1. The van der Waals surface area contributed by atoms with Crippen LogP contribution in [0.15, 0.2) is 97.1 Å². The minimum atomic E-state index is -1.33. The van der Waals surface area contributed by atoms with E-state index in [0.29, 0.717) is 0 Å². The fraction of sp³-hybridized carbons (Fsp3) is 0.514. The van der Waals surface area contributed by atoms with Gasteiger partial charge in [0.25, 0.3) is 0 Å². The first-order chi connectivity index (χ1) is 46.7. The molecule has 2 heterocycles. The third-order valence-electron chi connectivity index (χ3n) is 16.4. The molecule has 540 valence electrons. The molecule has 2 fully saturated rings. The summed E-state index contributed by atoms with van der Waals surface area (Å²) in [6, 6.07) is 27.9. The van der Waals surface area contributed by atoms with E-state index in [1.165, 1.54) is 51.7 Å². The molecule has 8 rings (SSSR count). The largest absolute Gasteiger partial charge is 0.480 e. The van der Waals surface area contributed by atoms with Gasteiger partial charge < -0.3 is 63.5 Å². The number of nitrogens with two attached hydrogens (primary N) is 1. The Hall–Kier alpha value is -7.90. The zero-order valence-corrected chi connectivity index (χ0v) is 61.9. The van der Waals surface area contributed by atoms with E-state index in [-0.39, 0.29) is 70.3 Å². The molecule has 0 spiro atoms. The van der Waals surface area contributed by atoms with Crippen LogP contribution < -0.4 is 11.1 Å². The van der Waals surface area contributed by atoms with Gasteiger partial charge in [0.05, 0.1) is 25.3 Å². The van der Waals surface area contributed by atoms with Crippen LogP contribution >= 0.6 is 16.0 Å². The lowest BCUT2D eigenvalue weighted by molar-refractivity contribution is -0.168. The summed E-state index contributed by atoms with van der Waals surface area (Å²) < 4.78 is 53.3. The second-order valence-electron chi connectivity index (χ2n) is 25.7. The number of carboxylic acid groups (broad SMARTS) is 1. The minimum absolute atomic E-state index is 0.0505. The van der Waals surface area contributed by atoms with Gasteiger partial charge in [0.2, 0.25) is 5.91 Å². The number of carbonyl (C=O) groups excluding carboxylic acids is 9. The van der Waals surface area contributed by atoms with Crippen molar-refractivity contribution in [2.45, 2.75) is 168 Å². The van der Waals surface area contributed by atoms with Gasteiger partial charge in [-0.1, -0.05) is 135 Å². The number of esters is 6. The minimum Gasteiger partial charge on any atom is -0.480 e. The maximum Gasteiger partial charge on any atom is 0.410 e. The first kappa shape index (κ1) is 83.5. The number of hydrogen-bond acceptors (Lipinski definition) is 23. The summed E-state index contributed by atoms with van der Waals surface area (Å²) >= 11 is 7.78. The van der Waals surface area contributed by atoms with E-state index in [4.69, 9.17) is 53.1 Å². The fourth-order valence-corrected chi connectivity index (χ4v) is 11.6. The smallest absolute Gasteiger partial charge is 0.410 e. The van der Waals surface area contributed by atoms with Crippen molar-refractivity contribution in [2.24, 2.45) is 17.6 Å². The van der Waals surface area contributed by atoms with Crippen LogP contribution in [0.25, 0.3) is 22.3 Å². The normalized spacial score (nSPS) is 18.2. The van der Waals surface area contributed by atoms with Crippen molar-refractivity contribution >= 4 is 99.5 Å². The predicted molar refractivity (Wildman–Crippen MR) is 375 cm³/mol. The van der Waals surface area contributed by atoms with E-state index in [2.05, 4.69) is 57.1 Å². The molecule has 2 saturated heterocycles. The number of methoxy groups -OCH3 is 2. The molecule has 4 aromatic carbocycles. The SMILES string of the molecule is CC(=O)OC[C@H](OC(C)=O)C(C)[C@H](N)C(=O)OC(C)(C)C.COC1C[C@@H](C(=O)N[C@H](C(=O)OC(C)(C)C)C(C)[C@H](COC(C)=O)OC(C)=O)N(C(=O)OCC2c3ccccc3-c3ccccc32)C1.COC1C[C@@H](C(=O)O)N(C(=O)OCC2c3ccccc3-c3ccccc32)C1.P=S.P=S. The summed E-state index contributed by atoms with van der Waals surface area (Å²) in [6.45, 7) is 18.3. The van der Waals surface area contributed by atoms with E-state index in [1.54, 1.807) is 55.4 Å². The number of aliphatic carboxylic acids is 1. The highest BCUT2D eigenvalue weighted by Gasteiger charge is 2.46. The maximum absolute atomic E-state index is 13.9. The fourth-order valence-electron chi connectivity index (χ4n) is 11.6. The number of amides is 3. The molecule has 2 aliphatic heterocycles. The van der Waals surface area contributed by atoms with E-state index >= 15 is 0 Å². The lowest BCUT2D eigenvalue weighted by Crippen LogP contribution is -2.56. The van der Waals surface area contributed by atoms with Crippen LogP contribution in [0.5, 0.6) is 0 Å². The number of fused-ring (bicyclic) bond motifs is 6. The van der Waals surface area contributed by atoms with Crippen LogP contribution in [0.1, 0.15) is 130 Å². The van der Waals surface area contributed by atoms with Crippen LogP contribution in [0.3, 0.4) is 0 Å². The molecule has 4 unspecified atom stereocenters. The summed E-state index contributed by atoms with van der Waals surface area (Å²) in [7, 11) is 8.12. The molecule has 0 saturated carbocycles. The first-order valence-electron chi connectivity index (χ1n) is 31.8. The molecule has 29 heteroatoms. The maximum atomic E-state index is 13.9. The highest BCUT2D eigenvalue weighted by Crippen LogP contribution is 2.46. The van der Waals surface area contributed by atoms with Crippen LogP contribution in [0.2, 0.25) is 0 Å². The molecule has 0 aromatic heterocycles. The first-order valence-corrected chi connectivity index (χ1v) is 35.1. The molecule has 25 nitrogen and oxygen atoms in total. The predicted octanol–water partition coefficient (Wildman–Crippen LogP) is 9.06. The van der Waals surface area contributed by atoms with Gasteiger partial charge in [-0.15, -0.1) is 0 Å². The highest BCUT2D eigenvalue weighted by atomic mass is 32.4. The van der Waals surface area contributed by atoms with Crippen molar-refractivity contribution in [1.82, 2.24) is 15.1 Å². The Morgan fingerprint density at radius 1 is 0.525 bits per heavy atom. The van der Waals surface area contributed by atoms with E-state index in [9.17, 15) is 53.1 Å². The van der Waals surface area contributed by atoms with Crippen molar-refractivity contribution < 1.29 is 100 Å². The van der Waals surface area contributed by atoms with Gasteiger partial charge in [0.1, 0.15) is 74.0 Å². The molecule has 4 aromatic rings. The molecular formula is C70H92N4O21P2S2. The summed E-state index contributed by atoms with van der Waals surface area (Å²) in [4.78, 5) is 125. The molecule has 3 amide bonds. The van der Waals surface area contributed by atoms with Crippen molar-refractivity contribution in [3.63, 3.8) is 0 Å². The summed E-state index contributed by atoms with van der Waals surface area (Å²) in [5, 5.41) is 12.1. The summed E-state index contributed by atoms with van der Waals surface area (Å²) in [5.74, 6) is -7.08. The second kappa shape index (κ2) is 39.2. The number of ether oxygens (including phenoxy) is 10. The number of rotatable bonds is 21. The zero-order valence-electron chi connectivity index (χ0n) is 58.2. The lowest BCUT2D eigenvalue weighted by Gasteiger charge is -2.33. The van der Waals surface area contributed by atoms with Gasteiger partial charge in [-0.05, 0) is 102 Å². The zero-order chi connectivity index (χ0) is 74.2. The van der Waals surface area contributed by atoms with Gasteiger partial charge in [-0.25, -0.2) is 19.2 Å². The average Bonchev–Trinajstić information content (AvgIpc) is 1.63. The van der Waals surface area contributed by atoms with Crippen molar-refractivity contribution in [1.29, 1.82) is 0 Å². The number of benzene rings is 4. The van der Waals surface area contributed by atoms with Gasteiger partial charge in [-0.3, -0.25) is 38.6 Å². The molecule has 10 atom stereocenters. The number of nitrogens with one attached hydrogen (secondary N) is 1. The number of carbonyl (C=O) groups is 10. The molecule has 0 radical (unpaired) electrons. The average molecular weight is 1450 g/mol. The standard InChI is InChI=1S/C35H44N2O10.C21H21NO5.C14H25NO6.2HPS/c1-20(30(46-22(3)39)19-44-21(2)38)31(33(41)47-35(4,5)6)36-32(40)29-16-23(43-7)17-37(29)34(42)45-18-28-26-14-10-8-12-24(26)25-13-9-11-15-27(25)28;1-26-13-10-19(20(23)24)22(11-13)21(25)27-12-18-16-8-4-2-6-14(16)15-7-3-5-9-17(15)18;1-8(12(15)13(18)21-14(4,5)6)11(20-10(3)17)7-19-9(2)16;2*1-2/h8-15,20,23,28-31H,16-19H2,1-7H3,(H,36,40);2-9,13,18-19H,10-12H2,1H3,(H,23,24);8,11-12H,7,15H2,1-6H3;2*1H/t20?,23?,29-,30-,31-;13?,19-;8?,11-,12-;;/m000../s1. The molecule has 4 N–H and O–H groups in total. The topological polar surface area (TPSA) is 328 Å². The Morgan fingerprint density at radius 2 is 0.859 bits per heavy atom. The Morgan fingerprint density at radius 3 is 1.19 bits per heavy atom. The van der Waals surface area contributed by atoms with Crippen LogP contribution in [-0.4, -0.2) is 188 Å². The Labute approximate surface area is 592 Å². The monoisotopic (exact) mass is 1450 g/mol. The molecular weight excluding hydrogens is 1360 g/mol. The lowest BCUT2D eigenvalue weighted by atomic mass is 9.94. The molecule has 0 bridgehead atoms. The summed E-state index contributed by atoms with van der Waals surface area (Å²) in [6.07, 6.45) is -3.51. The Bertz CT molecular complexity index is 3370. The number of hydrogen-bond donors (Lipinski definition) is 3. The molecule has 4 aliphatic rings. The van der Waals surface area contributed by atoms with Crippen LogP contribution in [-0.2, 0) is 109 Å². The van der Waals surface area contributed by atoms with Crippen molar-refractivity contribution in [2.75, 3.05) is 53.7 Å². The van der Waals surface area contributed by atoms with Crippen molar-refractivity contribution in [3.05, 3.63) is 119 Å². The van der Waals surface area contributed by atoms with Crippen LogP contribution in [0.4, 0.5) is 9.59 Å². The third-order valence-corrected chi connectivity index (χ3v) is 16.4. The number of likely N-dealkylation sites (tertiary alicyclic amines) is 2. The Kier molecular flexibility index (Phi) is 33.1.